The molecule has 0 spiro atoms. The molecular weight excluding hydrogens is 286 g/mol. The van der Waals surface area contributed by atoms with Crippen molar-refractivity contribution >= 4 is 39.0 Å². The predicted octanol–water partition coefficient (Wildman–Crippen LogP) is 2.46. The summed E-state index contributed by atoms with van der Waals surface area (Å²) < 4.78 is 4.88. The molecule has 0 amide bonds. The second-order valence-corrected chi connectivity index (χ2v) is 5.81. The monoisotopic (exact) mass is 301 g/mol. The Hall–Kier alpha value is -0.950. The van der Waals surface area contributed by atoms with E-state index in [1.807, 2.05) is 13.0 Å². The van der Waals surface area contributed by atoms with Gasteiger partial charge in [0.15, 0.2) is 0 Å². The number of hydrogen-bond acceptors (Lipinski definition) is 6. The van der Waals surface area contributed by atoms with Gasteiger partial charge < -0.3 is 15.2 Å². The number of nitrogens with zero attached hydrogens (tertiary/aromatic N) is 2. The standard InChI is InChI=1S/C12H16ClN3O2S/c1-7-5-9-10(14-4-3-8(17)6-18-2)15-12(13)16-11(9)19-7/h5,8,17H,3-4,6H2,1-2H3,(H,14,15,16). The van der Waals surface area contributed by atoms with Crippen LogP contribution in [-0.4, -0.2) is 41.4 Å². The number of aryl methyl sites for hydroxylation is 1. The minimum Gasteiger partial charge on any atom is -0.391 e. The summed E-state index contributed by atoms with van der Waals surface area (Å²) >= 11 is 7.48. The fraction of sp³-hybridized carbons (Fsp3) is 0.500. The topological polar surface area (TPSA) is 67.3 Å². The molecule has 104 valence electrons. The van der Waals surface area contributed by atoms with Gasteiger partial charge in [-0.15, -0.1) is 11.3 Å². The number of ether oxygens (including phenoxy) is 1. The number of aliphatic hydroxyl groups is 1. The molecule has 0 aliphatic carbocycles. The number of rotatable bonds is 6. The van der Waals surface area contributed by atoms with Crippen molar-refractivity contribution in [1.29, 1.82) is 0 Å². The Kier molecular flexibility index (Phi) is 4.93. The van der Waals surface area contributed by atoms with Crippen molar-refractivity contribution in [3.05, 3.63) is 16.2 Å². The number of thiophene rings is 1. The van der Waals surface area contributed by atoms with Gasteiger partial charge in [0, 0.05) is 18.5 Å². The lowest BCUT2D eigenvalue weighted by atomic mass is 10.2. The maximum absolute atomic E-state index is 9.58. The van der Waals surface area contributed by atoms with Crippen molar-refractivity contribution in [3.8, 4) is 0 Å². The highest BCUT2D eigenvalue weighted by Crippen LogP contribution is 2.29. The van der Waals surface area contributed by atoms with Crippen LogP contribution in [0.25, 0.3) is 10.2 Å². The molecule has 1 atom stereocenters. The van der Waals surface area contributed by atoms with E-state index in [4.69, 9.17) is 16.3 Å². The highest BCUT2D eigenvalue weighted by Gasteiger charge is 2.10. The van der Waals surface area contributed by atoms with E-state index in [1.54, 1.807) is 18.4 Å². The van der Waals surface area contributed by atoms with Crippen molar-refractivity contribution in [3.63, 3.8) is 0 Å². The first-order valence-electron chi connectivity index (χ1n) is 5.94. The highest BCUT2D eigenvalue weighted by molar-refractivity contribution is 7.18. The first kappa shape index (κ1) is 14.5. The van der Waals surface area contributed by atoms with Crippen molar-refractivity contribution < 1.29 is 9.84 Å². The summed E-state index contributed by atoms with van der Waals surface area (Å²) in [7, 11) is 1.57. The summed E-state index contributed by atoms with van der Waals surface area (Å²) in [5.41, 5.74) is 0. The molecule has 2 aromatic rings. The average molecular weight is 302 g/mol. The summed E-state index contributed by atoms with van der Waals surface area (Å²) in [6.07, 6.45) is 0.106. The molecule has 5 nitrogen and oxygen atoms in total. The van der Waals surface area contributed by atoms with Crippen LogP contribution in [0.3, 0.4) is 0 Å². The smallest absolute Gasteiger partial charge is 0.225 e. The zero-order valence-electron chi connectivity index (χ0n) is 10.8. The van der Waals surface area contributed by atoms with Crippen LogP contribution < -0.4 is 5.32 Å². The van der Waals surface area contributed by atoms with Crippen molar-refractivity contribution in [2.24, 2.45) is 0 Å². The summed E-state index contributed by atoms with van der Waals surface area (Å²) in [6, 6.07) is 2.03. The van der Waals surface area contributed by atoms with Gasteiger partial charge in [-0.25, -0.2) is 9.97 Å². The third-order valence-corrected chi connectivity index (χ3v) is 3.73. The van der Waals surface area contributed by atoms with Gasteiger partial charge in [-0.2, -0.15) is 0 Å². The fourth-order valence-corrected chi connectivity index (χ4v) is 2.88. The number of methoxy groups -OCH3 is 1. The number of hydrogen-bond donors (Lipinski definition) is 2. The van der Waals surface area contributed by atoms with E-state index < -0.39 is 6.10 Å². The molecule has 1 unspecified atom stereocenters. The van der Waals surface area contributed by atoms with E-state index in [0.717, 1.165) is 15.1 Å². The van der Waals surface area contributed by atoms with Crippen molar-refractivity contribution in [1.82, 2.24) is 9.97 Å². The van der Waals surface area contributed by atoms with E-state index in [9.17, 15) is 5.11 Å². The minimum atomic E-state index is -0.477. The second-order valence-electron chi connectivity index (χ2n) is 4.24. The van der Waals surface area contributed by atoms with Crippen LogP contribution in [0.4, 0.5) is 5.82 Å². The number of halogens is 1. The molecule has 0 saturated carbocycles. The third kappa shape index (κ3) is 3.76. The van der Waals surface area contributed by atoms with Gasteiger partial charge >= 0.3 is 0 Å². The molecule has 7 heteroatoms. The maximum Gasteiger partial charge on any atom is 0.225 e. The maximum atomic E-state index is 9.58. The SMILES string of the molecule is COCC(O)CCNc1nc(Cl)nc2sc(C)cc12. The van der Waals surface area contributed by atoms with Gasteiger partial charge in [-0.1, -0.05) is 0 Å². The molecule has 2 heterocycles. The lowest BCUT2D eigenvalue weighted by Crippen LogP contribution is -2.18. The van der Waals surface area contributed by atoms with Crippen molar-refractivity contribution in [2.45, 2.75) is 19.4 Å². The molecule has 0 saturated heterocycles. The van der Waals surface area contributed by atoms with Crippen LogP contribution >= 0.6 is 22.9 Å². The van der Waals surface area contributed by atoms with E-state index in [0.29, 0.717) is 25.4 Å². The van der Waals surface area contributed by atoms with Crippen molar-refractivity contribution in [2.75, 3.05) is 25.6 Å². The Bertz CT molecular complexity index is 561. The molecular formula is C12H16ClN3O2S. The minimum absolute atomic E-state index is 0.231. The van der Waals surface area contributed by atoms with Crippen LogP contribution in [0.2, 0.25) is 5.28 Å². The van der Waals surface area contributed by atoms with Gasteiger partial charge in [0.1, 0.15) is 10.6 Å². The van der Waals surface area contributed by atoms with Gasteiger partial charge in [-0.05, 0) is 31.0 Å². The molecule has 0 bridgehead atoms. The third-order valence-electron chi connectivity index (χ3n) is 2.62. The van der Waals surface area contributed by atoms with Crippen LogP contribution in [0.1, 0.15) is 11.3 Å². The van der Waals surface area contributed by atoms with Crippen LogP contribution in [-0.2, 0) is 4.74 Å². The molecule has 0 aliphatic rings. The quantitative estimate of drug-likeness (QED) is 0.802. The van der Waals surface area contributed by atoms with E-state index in [1.165, 1.54) is 0 Å². The summed E-state index contributed by atoms with van der Waals surface area (Å²) in [6.45, 7) is 2.95. The Labute approximate surface area is 120 Å². The summed E-state index contributed by atoms with van der Waals surface area (Å²) in [4.78, 5) is 10.4. The second kappa shape index (κ2) is 6.47. The van der Waals surface area contributed by atoms with Gasteiger partial charge in [0.2, 0.25) is 5.28 Å². The zero-order chi connectivity index (χ0) is 13.8. The van der Waals surface area contributed by atoms with Crippen LogP contribution in [0, 0.1) is 6.92 Å². The van der Waals surface area contributed by atoms with Gasteiger partial charge in [0.05, 0.1) is 18.1 Å². The Morgan fingerprint density at radius 2 is 2.32 bits per heavy atom. The Morgan fingerprint density at radius 1 is 1.53 bits per heavy atom. The Balaban J connectivity index is 2.07. The van der Waals surface area contributed by atoms with E-state index in [-0.39, 0.29) is 5.28 Å². The number of fused-ring (bicyclic) bond motifs is 1. The molecule has 0 aliphatic heterocycles. The lowest BCUT2D eigenvalue weighted by molar-refractivity contribution is 0.0615. The molecule has 2 N–H and O–H groups in total. The first-order chi connectivity index (χ1) is 9.10. The molecule has 19 heavy (non-hydrogen) atoms. The predicted molar refractivity (Wildman–Crippen MR) is 78.2 cm³/mol. The average Bonchev–Trinajstić information content (AvgIpc) is 2.69. The van der Waals surface area contributed by atoms with Crippen LogP contribution in [0.15, 0.2) is 6.07 Å². The van der Waals surface area contributed by atoms with E-state index in [2.05, 4.69) is 15.3 Å². The number of aliphatic hydroxyl groups excluding tert-OH is 1. The van der Waals surface area contributed by atoms with E-state index >= 15 is 0 Å². The highest BCUT2D eigenvalue weighted by atomic mass is 35.5. The molecule has 0 aromatic carbocycles. The number of nitrogens with one attached hydrogen (secondary N) is 1. The summed E-state index contributed by atoms with van der Waals surface area (Å²) in [5.74, 6) is 0.712. The molecule has 0 radical (unpaired) electrons. The van der Waals surface area contributed by atoms with Gasteiger partial charge in [-0.3, -0.25) is 0 Å². The molecule has 0 fully saturated rings. The largest absolute Gasteiger partial charge is 0.391 e. The fourth-order valence-electron chi connectivity index (χ4n) is 1.78. The molecule has 2 aromatic heterocycles. The zero-order valence-corrected chi connectivity index (χ0v) is 12.4. The molecule has 2 rings (SSSR count). The van der Waals surface area contributed by atoms with Gasteiger partial charge in [0.25, 0.3) is 0 Å². The number of anilines is 1. The lowest BCUT2D eigenvalue weighted by Gasteiger charge is -2.11. The van der Waals surface area contributed by atoms with Crippen LogP contribution in [0.5, 0.6) is 0 Å². The number of aromatic nitrogens is 2. The first-order valence-corrected chi connectivity index (χ1v) is 7.14. The summed E-state index contributed by atoms with van der Waals surface area (Å²) in [5, 5.41) is 14.0. The normalized spacial score (nSPS) is 12.8. The Morgan fingerprint density at radius 3 is 3.05 bits per heavy atom.